The third-order valence-electron chi connectivity index (χ3n) is 3.82. The van der Waals surface area contributed by atoms with Crippen LogP contribution in [0.15, 0.2) is 4.99 Å². The molecule has 0 aromatic carbocycles. The van der Waals surface area contributed by atoms with Crippen molar-refractivity contribution in [1.29, 1.82) is 0 Å². The fourth-order valence-electron chi connectivity index (χ4n) is 2.31. The summed E-state index contributed by atoms with van der Waals surface area (Å²) >= 11 is 0. The third-order valence-corrected chi connectivity index (χ3v) is 3.82. The number of hydrogen-bond donors (Lipinski definition) is 3. The average molecular weight is 225 g/mol. The van der Waals surface area contributed by atoms with Crippen LogP contribution in [0.2, 0.25) is 0 Å². The Kier molecular flexibility index (Phi) is 3.38. The quantitative estimate of drug-likeness (QED) is 0.495. The standard InChI is InChI=1S/C12H23N3O/c1-12(7-3-2-4-10(12)16)8-14-11(13)15-9-5-6-9/h9-10,16H,2-8H2,1H3,(H3,13,14,15). The van der Waals surface area contributed by atoms with Crippen molar-refractivity contribution >= 4 is 5.96 Å². The molecule has 0 bridgehead atoms. The molecule has 16 heavy (non-hydrogen) atoms. The Morgan fingerprint density at radius 1 is 1.44 bits per heavy atom. The van der Waals surface area contributed by atoms with Gasteiger partial charge < -0.3 is 16.2 Å². The number of guanidine groups is 1. The molecule has 4 heteroatoms. The van der Waals surface area contributed by atoms with Gasteiger partial charge in [-0.25, -0.2) is 0 Å². The first kappa shape index (κ1) is 11.7. The molecule has 2 aliphatic carbocycles. The first-order valence-electron chi connectivity index (χ1n) is 6.35. The lowest BCUT2D eigenvalue weighted by Crippen LogP contribution is -2.40. The lowest BCUT2D eigenvalue weighted by Gasteiger charge is -2.37. The highest BCUT2D eigenvalue weighted by Gasteiger charge is 2.35. The van der Waals surface area contributed by atoms with Crippen LogP contribution in [-0.4, -0.2) is 29.8 Å². The van der Waals surface area contributed by atoms with Crippen molar-refractivity contribution < 1.29 is 5.11 Å². The van der Waals surface area contributed by atoms with Gasteiger partial charge in [-0.2, -0.15) is 0 Å². The van der Waals surface area contributed by atoms with E-state index in [0.717, 1.165) is 19.3 Å². The number of nitrogens with two attached hydrogens (primary N) is 1. The highest BCUT2D eigenvalue weighted by molar-refractivity contribution is 5.78. The molecule has 4 nitrogen and oxygen atoms in total. The molecule has 2 unspecified atom stereocenters. The van der Waals surface area contributed by atoms with Gasteiger partial charge >= 0.3 is 0 Å². The van der Waals surface area contributed by atoms with E-state index < -0.39 is 0 Å². The van der Waals surface area contributed by atoms with Gasteiger partial charge in [-0.15, -0.1) is 0 Å². The van der Waals surface area contributed by atoms with Crippen molar-refractivity contribution in [2.24, 2.45) is 16.1 Å². The lowest BCUT2D eigenvalue weighted by molar-refractivity contribution is 0.00719. The van der Waals surface area contributed by atoms with Crippen molar-refractivity contribution in [2.75, 3.05) is 6.54 Å². The number of aliphatic imine (C=N–C) groups is 1. The molecular weight excluding hydrogens is 202 g/mol. The van der Waals surface area contributed by atoms with Gasteiger partial charge in [0.1, 0.15) is 0 Å². The van der Waals surface area contributed by atoms with E-state index in [1.165, 1.54) is 19.3 Å². The van der Waals surface area contributed by atoms with E-state index in [1.54, 1.807) is 0 Å². The van der Waals surface area contributed by atoms with Crippen LogP contribution in [0.25, 0.3) is 0 Å². The topological polar surface area (TPSA) is 70.6 Å². The van der Waals surface area contributed by atoms with Crippen LogP contribution in [0, 0.1) is 5.41 Å². The Labute approximate surface area is 97.3 Å². The average Bonchev–Trinajstić information content (AvgIpc) is 3.04. The van der Waals surface area contributed by atoms with Gasteiger partial charge in [0.2, 0.25) is 0 Å². The number of nitrogens with one attached hydrogen (secondary N) is 1. The largest absolute Gasteiger partial charge is 0.392 e. The van der Waals surface area contributed by atoms with Crippen LogP contribution in [0.5, 0.6) is 0 Å². The molecule has 0 aliphatic heterocycles. The molecule has 0 spiro atoms. The molecule has 2 saturated carbocycles. The molecule has 0 heterocycles. The van der Waals surface area contributed by atoms with Crippen molar-refractivity contribution in [3.8, 4) is 0 Å². The number of hydrogen-bond acceptors (Lipinski definition) is 2. The fraction of sp³-hybridized carbons (Fsp3) is 0.917. The van der Waals surface area contributed by atoms with Gasteiger partial charge in [-0.05, 0) is 25.7 Å². The normalized spacial score (nSPS) is 36.1. The predicted octanol–water partition coefficient (Wildman–Crippen LogP) is 0.994. The molecule has 2 rings (SSSR count). The predicted molar refractivity (Wildman–Crippen MR) is 65.2 cm³/mol. The summed E-state index contributed by atoms with van der Waals surface area (Å²) in [4.78, 5) is 4.37. The molecule has 4 N–H and O–H groups in total. The number of rotatable bonds is 3. The highest BCUT2D eigenvalue weighted by atomic mass is 16.3. The van der Waals surface area contributed by atoms with Crippen molar-refractivity contribution in [3.63, 3.8) is 0 Å². The van der Waals surface area contributed by atoms with E-state index in [2.05, 4.69) is 17.2 Å². The summed E-state index contributed by atoms with van der Waals surface area (Å²) in [7, 11) is 0. The molecule has 0 aromatic rings. The maximum atomic E-state index is 10.0. The van der Waals surface area contributed by atoms with Crippen molar-refractivity contribution in [3.05, 3.63) is 0 Å². The van der Waals surface area contributed by atoms with Crippen LogP contribution >= 0.6 is 0 Å². The molecule has 0 amide bonds. The minimum atomic E-state index is -0.223. The molecule has 2 fully saturated rings. The summed E-state index contributed by atoms with van der Waals surface area (Å²) in [6, 6.07) is 0.549. The van der Waals surface area contributed by atoms with Gasteiger partial charge in [-0.1, -0.05) is 19.8 Å². The van der Waals surface area contributed by atoms with E-state index in [0.29, 0.717) is 18.5 Å². The van der Waals surface area contributed by atoms with Crippen molar-refractivity contribution in [2.45, 2.75) is 57.6 Å². The minimum Gasteiger partial charge on any atom is -0.392 e. The summed E-state index contributed by atoms with van der Waals surface area (Å²) in [5.41, 5.74) is 5.72. The third kappa shape index (κ3) is 2.88. The van der Waals surface area contributed by atoms with Crippen LogP contribution < -0.4 is 11.1 Å². The smallest absolute Gasteiger partial charge is 0.188 e. The molecule has 2 aliphatic rings. The van der Waals surface area contributed by atoms with Gasteiger partial charge in [0.25, 0.3) is 0 Å². The maximum absolute atomic E-state index is 10.0. The second-order valence-corrected chi connectivity index (χ2v) is 5.54. The SMILES string of the molecule is CC1(CN=C(N)NC2CC2)CCCCC1O. The first-order chi connectivity index (χ1) is 7.60. The van der Waals surface area contributed by atoms with Gasteiger partial charge in [0.15, 0.2) is 5.96 Å². The Morgan fingerprint density at radius 3 is 2.81 bits per heavy atom. The van der Waals surface area contributed by atoms with Crippen LogP contribution in [0.1, 0.15) is 45.4 Å². The molecule has 0 saturated heterocycles. The molecule has 0 radical (unpaired) electrons. The zero-order valence-corrected chi connectivity index (χ0v) is 10.1. The van der Waals surface area contributed by atoms with Gasteiger partial charge in [0.05, 0.1) is 12.6 Å². The Morgan fingerprint density at radius 2 is 2.19 bits per heavy atom. The monoisotopic (exact) mass is 225 g/mol. The summed E-state index contributed by atoms with van der Waals surface area (Å²) in [6.45, 7) is 2.75. The Hall–Kier alpha value is -0.770. The molecule has 2 atom stereocenters. The molecule has 92 valence electrons. The van der Waals surface area contributed by atoms with Gasteiger partial charge in [-0.3, -0.25) is 4.99 Å². The van der Waals surface area contributed by atoms with Gasteiger partial charge in [0, 0.05) is 11.5 Å². The number of nitrogens with zero attached hydrogens (tertiary/aromatic N) is 1. The highest BCUT2D eigenvalue weighted by Crippen LogP contribution is 2.36. The lowest BCUT2D eigenvalue weighted by atomic mass is 9.73. The number of aliphatic hydroxyl groups is 1. The summed E-state index contributed by atoms with van der Waals surface area (Å²) in [6.07, 6.45) is 6.47. The van der Waals surface area contributed by atoms with Crippen LogP contribution in [0.4, 0.5) is 0 Å². The number of aliphatic hydroxyl groups excluding tert-OH is 1. The Balaban J connectivity index is 1.86. The van der Waals surface area contributed by atoms with Crippen LogP contribution in [0.3, 0.4) is 0 Å². The summed E-state index contributed by atoms with van der Waals surface area (Å²) in [5, 5.41) is 13.2. The summed E-state index contributed by atoms with van der Waals surface area (Å²) in [5.74, 6) is 0.543. The van der Waals surface area contributed by atoms with E-state index in [9.17, 15) is 5.11 Å². The van der Waals surface area contributed by atoms with Crippen molar-refractivity contribution in [1.82, 2.24) is 5.32 Å². The maximum Gasteiger partial charge on any atom is 0.188 e. The molecular formula is C12H23N3O. The van der Waals surface area contributed by atoms with E-state index in [1.807, 2.05) is 0 Å². The first-order valence-corrected chi connectivity index (χ1v) is 6.35. The molecule has 0 aromatic heterocycles. The van der Waals surface area contributed by atoms with E-state index in [4.69, 9.17) is 5.73 Å². The summed E-state index contributed by atoms with van der Waals surface area (Å²) < 4.78 is 0. The Bertz CT molecular complexity index is 275. The zero-order valence-electron chi connectivity index (χ0n) is 10.1. The fourth-order valence-corrected chi connectivity index (χ4v) is 2.31. The minimum absolute atomic E-state index is 0.0753. The zero-order chi connectivity index (χ0) is 11.6. The van der Waals surface area contributed by atoms with Crippen LogP contribution in [-0.2, 0) is 0 Å². The van der Waals surface area contributed by atoms with E-state index >= 15 is 0 Å². The van der Waals surface area contributed by atoms with E-state index in [-0.39, 0.29) is 11.5 Å². The second-order valence-electron chi connectivity index (χ2n) is 5.54. The second kappa shape index (κ2) is 4.62.